The average Bonchev–Trinajstić information content (AvgIpc) is 2.75. The number of nitriles is 1. The molecule has 1 aromatic heterocycles. The molecule has 152 valence electrons. The van der Waals surface area contributed by atoms with Crippen LogP contribution in [0.3, 0.4) is 0 Å². The van der Waals surface area contributed by atoms with Crippen molar-refractivity contribution in [3.63, 3.8) is 0 Å². The minimum atomic E-state index is -0.578. The number of hydrogen-bond acceptors (Lipinski definition) is 6. The number of methoxy groups -OCH3 is 2. The topological polar surface area (TPSA) is 106 Å². The van der Waals surface area contributed by atoms with Gasteiger partial charge in [0.2, 0.25) is 5.91 Å². The predicted molar refractivity (Wildman–Crippen MR) is 112 cm³/mol. The Labute approximate surface area is 173 Å². The van der Waals surface area contributed by atoms with Crippen molar-refractivity contribution in [1.29, 1.82) is 5.26 Å². The smallest absolute Gasteiger partial charge is 0.272 e. The molecule has 30 heavy (non-hydrogen) atoms. The summed E-state index contributed by atoms with van der Waals surface area (Å²) < 4.78 is 11.6. The van der Waals surface area contributed by atoms with E-state index in [4.69, 9.17) is 9.47 Å². The highest BCUT2D eigenvalue weighted by Gasteiger charge is 2.16. The largest absolute Gasteiger partial charge is 0.493 e. The molecule has 0 saturated carbocycles. The molecule has 8 nitrogen and oxygen atoms in total. The molecular weight excluding hydrogens is 384 g/mol. The minimum absolute atomic E-state index is 0.134. The molecule has 0 spiro atoms. The number of hydrogen-bond donors (Lipinski definition) is 1. The summed E-state index contributed by atoms with van der Waals surface area (Å²) in [5, 5.41) is 11.9. The molecule has 0 aliphatic rings. The van der Waals surface area contributed by atoms with Crippen molar-refractivity contribution in [2.75, 3.05) is 19.5 Å². The highest BCUT2D eigenvalue weighted by Crippen LogP contribution is 2.29. The lowest BCUT2D eigenvalue weighted by Gasteiger charge is -2.14. The first-order valence-corrected chi connectivity index (χ1v) is 9.05. The van der Waals surface area contributed by atoms with Gasteiger partial charge in [0.1, 0.15) is 24.0 Å². The minimum Gasteiger partial charge on any atom is -0.493 e. The standard InChI is InChI=1S/C22H20N4O4/c1-14-4-6-15(7-5-14)21-24-12-16(11-23)22(28)26(21)13-20(27)25-17-8-9-18(29-2)19(10-17)30-3/h4-10,12H,13H2,1-3H3,(H,25,27). The van der Waals surface area contributed by atoms with Gasteiger partial charge in [0, 0.05) is 17.3 Å². The third kappa shape index (κ3) is 4.31. The van der Waals surface area contributed by atoms with Gasteiger partial charge in [0.15, 0.2) is 11.5 Å². The molecule has 0 radical (unpaired) electrons. The van der Waals surface area contributed by atoms with E-state index in [1.165, 1.54) is 25.0 Å². The number of aryl methyl sites for hydroxylation is 1. The van der Waals surface area contributed by atoms with Gasteiger partial charge in [-0.2, -0.15) is 5.26 Å². The van der Waals surface area contributed by atoms with Crippen LogP contribution in [0.5, 0.6) is 11.5 Å². The monoisotopic (exact) mass is 404 g/mol. The van der Waals surface area contributed by atoms with Crippen molar-refractivity contribution < 1.29 is 14.3 Å². The first-order valence-electron chi connectivity index (χ1n) is 9.05. The summed E-state index contributed by atoms with van der Waals surface area (Å²) in [6, 6.07) is 14.1. The molecule has 0 saturated heterocycles. The van der Waals surface area contributed by atoms with Gasteiger partial charge in [0.25, 0.3) is 5.56 Å². The van der Waals surface area contributed by atoms with Crippen LogP contribution in [-0.2, 0) is 11.3 Å². The van der Waals surface area contributed by atoms with Crippen LogP contribution in [0.4, 0.5) is 5.69 Å². The molecule has 1 N–H and O–H groups in total. The number of ether oxygens (including phenoxy) is 2. The Morgan fingerprint density at radius 3 is 2.47 bits per heavy atom. The lowest BCUT2D eigenvalue weighted by atomic mass is 10.1. The van der Waals surface area contributed by atoms with Gasteiger partial charge in [-0.1, -0.05) is 29.8 Å². The van der Waals surface area contributed by atoms with E-state index in [0.29, 0.717) is 28.6 Å². The van der Waals surface area contributed by atoms with E-state index in [-0.39, 0.29) is 12.1 Å². The number of anilines is 1. The number of amides is 1. The molecule has 0 atom stereocenters. The molecule has 0 aliphatic heterocycles. The van der Waals surface area contributed by atoms with Crippen LogP contribution >= 0.6 is 0 Å². The van der Waals surface area contributed by atoms with Gasteiger partial charge in [-0.15, -0.1) is 0 Å². The van der Waals surface area contributed by atoms with Gasteiger partial charge in [-0.3, -0.25) is 14.2 Å². The summed E-state index contributed by atoms with van der Waals surface area (Å²) in [7, 11) is 3.01. The molecule has 8 heteroatoms. The fourth-order valence-electron chi connectivity index (χ4n) is 2.91. The van der Waals surface area contributed by atoms with Crippen LogP contribution in [0.15, 0.2) is 53.5 Å². The van der Waals surface area contributed by atoms with Crippen LogP contribution in [-0.4, -0.2) is 29.7 Å². The van der Waals surface area contributed by atoms with Crippen molar-refractivity contribution in [3.8, 4) is 29.0 Å². The molecular formula is C22H20N4O4. The third-order valence-electron chi connectivity index (χ3n) is 4.45. The molecule has 0 aliphatic carbocycles. The second-order valence-electron chi connectivity index (χ2n) is 6.48. The lowest BCUT2D eigenvalue weighted by Crippen LogP contribution is -2.31. The van der Waals surface area contributed by atoms with E-state index < -0.39 is 11.5 Å². The van der Waals surface area contributed by atoms with E-state index in [9.17, 15) is 14.9 Å². The zero-order chi connectivity index (χ0) is 21.7. The zero-order valence-electron chi connectivity index (χ0n) is 16.8. The Morgan fingerprint density at radius 1 is 1.13 bits per heavy atom. The summed E-state index contributed by atoms with van der Waals surface area (Å²) >= 11 is 0. The van der Waals surface area contributed by atoms with E-state index >= 15 is 0 Å². The normalized spacial score (nSPS) is 10.2. The maximum atomic E-state index is 12.7. The first kappa shape index (κ1) is 20.6. The van der Waals surface area contributed by atoms with Gasteiger partial charge in [-0.25, -0.2) is 4.98 Å². The third-order valence-corrected chi connectivity index (χ3v) is 4.45. The van der Waals surface area contributed by atoms with Crippen LogP contribution in [0, 0.1) is 18.3 Å². The zero-order valence-corrected chi connectivity index (χ0v) is 16.8. The Bertz CT molecular complexity index is 1180. The molecule has 1 heterocycles. The van der Waals surface area contributed by atoms with E-state index in [1.54, 1.807) is 18.2 Å². The van der Waals surface area contributed by atoms with Crippen molar-refractivity contribution in [2.24, 2.45) is 0 Å². The van der Waals surface area contributed by atoms with Gasteiger partial charge in [-0.05, 0) is 19.1 Å². The molecule has 2 aromatic carbocycles. The summed E-state index contributed by atoms with van der Waals surface area (Å²) in [6.07, 6.45) is 1.22. The number of nitrogens with one attached hydrogen (secondary N) is 1. The van der Waals surface area contributed by atoms with E-state index in [1.807, 2.05) is 37.3 Å². The number of benzene rings is 2. The Morgan fingerprint density at radius 2 is 1.83 bits per heavy atom. The fraction of sp³-hybridized carbons (Fsp3) is 0.182. The van der Waals surface area contributed by atoms with Crippen molar-refractivity contribution in [3.05, 3.63) is 70.1 Å². The first-order chi connectivity index (χ1) is 14.5. The molecule has 0 bridgehead atoms. The Kier molecular flexibility index (Phi) is 6.13. The SMILES string of the molecule is COc1ccc(NC(=O)Cn2c(-c3ccc(C)cc3)ncc(C#N)c2=O)cc1OC. The number of carbonyl (C=O) groups excluding carboxylic acids is 1. The Hall–Kier alpha value is -4.12. The summed E-state index contributed by atoms with van der Waals surface area (Å²) in [4.78, 5) is 29.6. The van der Waals surface area contributed by atoms with E-state index in [0.717, 1.165) is 5.56 Å². The summed E-state index contributed by atoms with van der Waals surface area (Å²) in [6.45, 7) is 1.64. The predicted octanol–water partition coefficient (Wildman–Crippen LogP) is 2.75. The highest BCUT2D eigenvalue weighted by atomic mass is 16.5. The summed E-state index contributed by atoms with van der Waals surface area (Å²) in [5.74, 6) is 0.844. The Balaban J connectivity index is 1.93. The highest BCUT2D eigenvalue weighted by molar-refractivity contribution is 5.91. The number of rotatable bonds is 6. The lowest BCUT2D eigenvalue weighted by molar-refractivity contribution is -0.116. The maximum absolute atomic E-state index is 12.7. The van der Waals surface area contributed by atoms with Gasteiger partial charge in [0.05, 0.1) is 20.4 Å². The number of nitrogens with zero attached hydrogens (tertiary/aromatic N) is 3. The van der Waals surface area contributed by atoms with Crippen LogP contribution < -0.4 is 20.3 Å². The second-order valence-corrected chi connectivity index (χ2v) is 6.48. The molecule has 1 amide bonds. The van der Waals surface area contributed by atoms with Crippen molar-refractivity contribution in [2.45, 2.75) is 13.5 Å². The second kappa shape index (κ2) is 8.92. The average molecular weight is 404 g/mol. The van der Waals surface area contributed by atoms with Gasteiger partial charge >= 0.3 is 0 Å². The molecule has 3 rings (SSSR count). The fourth-order valence-corrected chi connectivity index (χ4v) is 2.91. The molecule has 3 aromatic rings. The molecule has 0 unspecified atom stereocenters. The van der Waals surface area contributed by atoms with Crippen molar-refractivity contribution in [1.82, 2.24) is 9.55 Å². The van der Waals surface area contributed by atoms with Crippen LogP contribution in [0.1, 0.15) is 11.1 Å². The maximum Gasteiger partial charge on any atom is 0.272 e. The number of aromatic nitrogens is 2. The van der Waals surface area contributed by atoms with Crippen LogP contribution in [0.2, 0.25) is 0 Å². The van der Waals surface area contributed by atoms with Crippen molar-refractivity contribution >= 4 is 11.6 Å². The molecule has 0 fully saturated rings. The number of carbonyl (C=O) groups is 1. The van der Waals surface area contributed by atoms with E-state index in [2.05, 4.69) is 10.3 Å². The van der Waals surface area contributed by atoms with Crippen LogP contribution in [0.25, 0.3) is 11.4 Å². The van der Waals surface area contributed by atoms with Gasteiger partial charge < -0.3 is 14.8 Å². The quantitative estimate of drug-likeness (QED) is 0.677. The summed E-state index contributed by atoms with van der Waals surface area (Å²) in [5.41, 5.74) is 1.48.